The fourth-order valence-electron chi connectivity index (χ4n) is 3.27. The van der Waals surface area contributed by atoms with Gasteiger partial charge in [0.25, 0.3) is 0 Å². The Hall–Kier alpha value is -2.08. The predicted octanol–water partition coefficient (Wildman–Crippen LogP) is 4.55. The summed E-state index contributed by atoms with van der Waals surface area (Å²) in [7, 11) is -0.511. The number of aromatic nitrogens is 2. The summed E-state index contributed by atoms with van der Waals surface area (Å²) >= 11 is 6.48. The van der Waals surface area contributed by atoms with E-state index in [2.05, 4.69) is 16.7 Å². The summed E-state index contributed by atoms with van der Waals surface area (Å²) in [6.45, 7) is 8.87. The molecule has 0 unspecified atom stereocenters. The molecule has 0 aliphatic carbocycles. The van der Waals surface area contributed by atoms with Crippen LogP contribution in [0.4, 0.5) is 0 Å². The topological polar surface area (TPSA) is 36.3 Å². The van der Waals surface area contributed by atoms with Crippen LogP contribution < -0.4 is 5.59 Å². The van der Waals surface area contributed by atoms with E-state index < -0.39 is 18.3 Å². The van der Waals surface area contributed by atoms with Crippen molar-refractivity contribution in [3.63, 3.8) is 0 Å². The van der Waals surface area contributed by atoms with Crippen LogP contribution in [-0.4, -0.2) is 27.9 Å². The van der Waals surface area contributed by atoms with Gasteiger partial charge in [-0.1, -0.05) is 54.1 Å². The molecule has 1 fully saturated rings. The van der Waals surface area contributed by atoms with Crippen molar-refractivity contribution in [2.24, 2.45) is 0 Å². The van der Waals surface area contributed by atoms with Gasteiger partial charge in [-0.25, -0.2) is 4.98 Å². The van der Waals surface area contributed by atoms with E-state index in [1.165, 1.54) is 5.56 Å². The Bertz CT molecular complexity index is 969. The third kappa shape index (κ3) is 3.50. The fraction of sp³-hybridized carbons (Fsp3) is 0.318. The summed E-state index contributed by atoms with van der Waals surface area (Å²) in [6.07, 6.45) is 2.01. The molecule has 4 rings (SSSR count). The van der Waals surface area contributed by atoms with Crippen molar-refractivity contribution >= 4 is 24.3 Å². The van der Waals surface area contributed by atoms with E-state index in [1.807, 2.05) is 76.4 Å². The molecule has 0 spiro atoms. The van der Waals surface area contributed by atoms with Crippen molar-refractivity contribution < 1.29 is 9.31 Å². The maximum absolute atomic E-state index is 6.48. The zero-order chi connectivity index (χ0) is 19.9. The number of hydrogen-bond acceptors (Lipinski definition) is 3. The molecule has 144 valence electrons. The molecule has 0 atom stereocenters. The maximum atomic E-state index is 6.48. The molecule has 2 heterocycles. The average Bonchev–Trinajstić information content (AvgIpc) is 3.14. The number of benzene rings is 2. The molecule has 4 nitrogen and oxygen atoms in total. The van der Waals surface area contributed by atoms with Gasteiger partial charge in [0, 0.05) is 18.3 Å². The Balaban J connectivity index is 1.76. The second kappa shape index (κ2) is 7.07. The van der Waals surface area contributed by atoms with Crippen molar-refractivity contribution in [3.05, 3.63) is 71.4 Å². The Kier molecular flexibility index (Phi) is 4.86. The monoisotopic (exact) mass is 394 g/mol. The highest BCUT2D eigenvalue weighted by Crippen LogP contribution is 2.36. The maximum Gasteiger partial charge on any atom is 0.516 e. The molecule has 1 aliphatic rings. The largest absolute Gasteiger partial charge is 0.516 e. The minimum Gasteiger partial charge on any atom is -0.398 e. The molecule has 0 saturated carbocycles. The van der Waals surface area contributed by atoms with Crippen molar-refractivity contribution in [1.29, 1.82) is 0 Å². The third-order valence-electron chi connectivity index (χ3n) is 5.60. The molecule has 2 aromatic carbocycles. The van der Waals surface area contributed by atoms with E-state index in [0.29, 0.717) is 11.6 Å². The van der Waals surface area contributed by atoms with E-state index in [-0.39, 0.29) is 0 Å². The quantitative estimate of drug-likeness (QED) is 0.609. The van der Waals surface area contributed by atoms with Crippen LogP contribution in [0.3, 0.4) is 0 Å². The van der Waals surface area contributed by atoms with Gasteiger partial charge in [-0.2, -0.15) is 0 Å². The molecule has 0 bridgehead atoms. The smallest absolute Gasteiger partial charge is 0.398 e. The highest BCUT2D eigenvalue weighted by Gasteiger charge is 2.52. The van der Waals surface area contributed by atoms with Crippen LogP contribution in [-0.2, 0) is 15.9 Å². The highest BCUT2D eigenvalue weighted by molar-refractivity contribution is 6.61. The summed E-state index contributed by atoms with van der Waals surface area (Å²) in [5, 5.41) is 0.669. The molecule has 28 heavy (non-hydrogen) atoms. The number of rotatable bonds is 4. The second-order valence-electron chi connectivity index (χ2n) is 8.17. The molecule has 1 aromatic heterocycles. The lowest BCUT2D eigenvalue weighted by molar-refractivity contribution is 0.00578. The third-order valence-corrected chi connectivity index (χ3v) is 5.93. The average molecular weight is 395 g/mol. The van der Waals surface area contributed by atoms with Gasteiger partial charge < -0.3 is 13.9 Å². The SMILES string of the molecule is CC1(C)OB(c2cn(Cc3ccccc3)c(-c3ccccc3Cl)n2)OC1(C)C. The van der Waals surface area contributed by atoms with Gasteiger partial charge in [-0.15, -0.1) is 0 Å². The van der Waals surface area contributed by atoms with E-state index in [9.17, 15) is 0 Å². The normalized spacial score (nSPS) is 17.8. The van der Waals surface area contributed by atoms with Crippen molar-refractivity contribution in [3.8, 4) is 11.4 Å². The Morgan fingerprint density at radius 2 is 1.54 bits per heavy atom. The zero-order valence-corrected chi connectivity index (χ0v) is 17.4. The van der Waals surface area contributed by atoms with Gasteiger partial charge in [-0.05, 0) is 45.4 Å². The first kappa shape index (κ1) is 19.3. The van der Waals surface area contributed by atoms with Crippen molar-refractivity contribution in [2.45, 2.75) is 45.4 Å². The van der Waals surface area contributed by atoms with Gasteiger partial charge in [0.1, 0.15) is 5.82 Å². The van der Waals surface area contributed by atoms with Crippen LogP contribution >= 0.6 is 11.6 Å². The van der Waals surface area contributed by atoms with Gasteiger partial charge >= 0.3 is 7.12 Å². The summed E-state index contributed by atoms with van der Waals surface area (Å²) in [4.78, 5) is 4.88. The molecular formula is C22H24BClN2O2. The zero-order valence-electron chi connectivity index (χ0n) is 16.6. The second-order valence-corrected chi connectivity index (χ2v) is 8.58. The van der Waals surface area contributed by atoms with Gasteiger partial charge in [0.05, 0.1) is 21.8 Å². The number of imidazole rings is 1. The molecule has 0 N–H and O–H groups in total. The predicted molar refractivity (Wildman–Crippen MR) is 114 cm³/mol. The summed E-state index contributed by atoms with van der Waals surface area (Å²) in [5.41, 5.74) is 2.01. The van der Waals surface area contributed by atoms with Crippen molar-refractivity contribution in [1.82, 2.24) is 9.55 Å². The molecular weight excluding hydrogens is 371 g/mol. The summed E-state index contributed by atoms with van der Waals surface area (Å²) < 4.78 is 14.5. The van der Waals surface area contributed by atoms with Crippen LogP contribution in [0, 0.1) is 0 Å². The number of hydrogen-bond donors (Lipinski definition) is 0. The van der Waals surface area contributed by atoms with E-state index in [4.69, 9.17) is 25.9 Å². The molecule has 6 heteroatoms. The Labute approximate surface area is 171 Å². The fourth-order valence-corrected chi connectivity index (χ4v) is 3.49. The Morgan fingerprint density at radius 1 is 0.929 bits per heavy atom. The molecule has 1 saturated heterocycles. The van der Waals surface area contributed by atoms with Crippen LogP contribution in [0.15, 0.2) is 60.8 Å². The van der Waals surface area contributed by atoms with Gasteiger partial charge in [0.15, 0.2) is 0 Å². The lowest BCUT2D eigenvalue weighted by atomic mass is 9.86. The highest BCUT2D eigenvalue weighted by atomic mass is 35.5. The van der Waals surface area contributed by atoms with Gasteiger partial charge in [-0.3, -0.25) is 0 Å². The lowest BCUT2D eigenvalue weighted by Crippen LogP contribution is -2.41. The molecule has 0 radical (unpaired) electrons. The van der Waals surface area contributed by atoms with Crippen LogP contribution in [0.25, 0.3) is 11.4 Å². The molecule has 1 aliphatic heterocycles. The van der Waals surface area contributed by atoms with E-state index in [1.54, 1.807) is 0 Å². The van der Waals surface area contributed by atoms with Crippen LogP contribution in [0.1, 0.15) is 33.3 Å². The minimum absolute atomic E-state index is 0.411. The van der Waals surface area contributed by atoms with E-state index in [0.717, 1.165) is 17.0 Å². The molecule has 0 amide bonds. The first-order valence-corrected chi connectivity index (χ1v) is 9.86. The number of nitrogens with zero attached hydrogens (tertiary/aromatic N) is 2. The van der Waals surface area contributed by atoms with Crippen LogP contribution in [0.2, 0.25) is 5.02 Å². The standard InChI is InChI=1S/C22H24BClN2O2/c1-21(2)22(3,4)28-23(27-21)19-15-26(14-16-10-6-5-7-11-16)20(25-19)17-12-8-9-13-18(17)24/h5-13,15H,14H2,1-4H3. The lowest BCUT2D eigenvalue weighted by Gasteiger charge is -2.32. The summed E-state index contributed by atoms with van der Waals surface area (Å²) in [6, 6.07) is 18.1. The summed E-state index contributed by atoms with van der Waals surface area (Å²) in [5.74, 6) is 0.805. The van der Waals surface area contributed by atoms with Gasteiger partial charge in [0.2, 0.25) is 0 Å². The Morgan fingerprint density at radius 3 is 2.18 bits per heavy atom. The first-order chi connectivity index (χ1) is 13.3. The first-order valence-electron chi connectivity index (χ1n) is 9.48. The van der Waals surface area contributed by atoms with Crippen LogP contribution in [0.5, 0.6) is 0 Å². The number of halogens is 1. The van der Waals surface area contributed by atoms with E-state index >= 15 is 0 Å². The van der Waals surface area contributed by atoms with Crippen molar-refractivity contribution in [2.75, 3.05) is 0 Å². The molecule has 3 aromatic rings. The minimum atomic E-state index is -0.511.